The summed E-state index contributed by atoms with van der Waals surface area (Å²) in [4.78, 5) is 20.8. The fraction of sp³-hybridized carbons (Fsp3) is 0.167. The van der Waals surface area contributed by atoms with Crippen LogP contribution in [0.3, 0.4) is 0 Å². The van der Waals surface area contributed by atoms with Gasteiger partial charge in [0.1, 0.15) is 5.52 Å². The lowest BCUT2D eigenvalue weighted by Gasteiger charge is -2.20. The van der Waals surface area contributed by atoms with Gasteiger partial charge in [-0.2, -0.15) is 0 Å². The fourth-order valence-electron chi connectivity index (χ4n) is 3.13. The van der Waals surface area contributed by atoms with Gasteiger partial charge in [0.05, 0.1) is 16.3 Å². The Hall–Kier alpha value is -2.05. The number of para-hydroxylation sites is 1. The van der Waals surface area contributed by atoms with E-state index in [0.29, 0.717) is 23.1 Å². The zero-order chi connectivity index (χ0) is 21.6. The Bertz CT molecular complexity index is 1160. The van der Waals surface area contributed by atoms with Crippen molar-refractivity contribution >= 4 is 67.6 Å². The number of hydrogen-bond acceptors (Lipinski definition) is 4. The number of hydrogen-bond donors (Lipinski definition) is 0. The lowest BCUT2D eigenvalue weighted by atomic mass is 10.2. The van der Waals surface area contributed by atoms with E-state index in [9.17, 15) is 4.79 Å². The predicted molar refractivity (Wildman–Crippen MR) is 134 cm³/mol. The maximum atomic E-state index is 13.2. The summed E-state index contributed by atoms with van der Waals surface area (Å²) in [5.74, 6) is 0.925. The second-order valence-electron chi connectivity index (χ2n) is 6.95. The summed E-state index contributed by atoms with van der Waals surface area (Å²) in [7, 11) is 0. The summed E-state index contributed by atoms with van der Waals surface area (Å²) in [6, 6.07) is 23.5. The third kappa shape index (κ3) is 5.80. The first kappa shape index (κ1) is 22.2. The molecule has 0 aliphatic rings. The highest BCUT2D eigenvalue weighted by molar-refractivity contribution is 7.99. The average Bonchev–Trinajstić information content (AvgIpc) is 3.22. The van der Waals surface area contributed by atoms with Gasteiger partial charge in [-0.1, -0.05) is 70.9 Å². The van der Waals surface area contributed by atoms with Crippen molar-refractivity contribution in [1.82, 2.24) is 4.98 Å². The van der Waals surface area contributed by atoms with Gasteiger partial charge < -0.3 is 0 Å². The molecule has 158 valence electrons. The number of thioether (sulfide) groups is 1. The van der Waals surface area contributed by atoms with Crippen LogP contribution in [-0.2, 0) is 11.3 Å². The highest BCUT2D eigenvalue weighted by Crippen LogP contribution is 2.34. The molecule has 0 aliphatic carbocycles. The third-order valence-electron chi connectivity index (χ3n) is 4.69. The first-order valence-electron chi connectivity index (χ1n) is 9.88. The highest BCUT2D eigenvalue weighted by Gasteiger charge is 2.20. The van der Waals surface area contributed by atoms with Crippen LogP contribution >= 0.6 is 46.3 Å². The smallest absolute Gasteiger partial charge is 0.229 e. The van der Waals surface area contributed by atoms with Gasteiger partial charge in [-0.25, -0.2) is 4.98 Å². The van der Waals surface area contributed by atoms with E-state index in [1.807, 2.05) is 72.8 Å². The Morgan fingerprint density at radius 1 is 0.968 bits per heavy atom. The molecule has 3 nitrogen and oxygen atoms in total. The van der Waals surface area contributed by atoms with Crippen LogP contribution in [0.15, 0.2) is 77.7 Å². The van der Waals surface area contributed by atoms with Crippen molar-refractivity contribution in [1.29, 1.82) is 0 Å². The topological polar surface area (TPSA) is 33.2 Å². The summed E-state index contributed by atoms with van der Waals surface area (Å²) in [6.07, 6.45) is 1.24. The minimum Gasteiger partial charge on any atom is -0.284 e. The van der Waals surface area contributed by atoms with E-state index in [1.54, 1.807) is 16.7 Å². The van der Waals surface area contributed by atoms with E-state index >= 15 is 0 Å². The average molecular weight is 487 g/mol. The molecule has 0 bridgehead atoms. The normalized spacial score (nSPS) is 11.0. The molecule has 0 atom stereocenters. The monoisotopic (exact) mass is 486 g/mol. The van der Waals surface area contributed by atoms with Crippen molar-refractivity contribution < 1.29 is 4.79 Å². The molecule has 0 fully saturated rings. The van der Waals surface area contributed by atoms with Gasteiger partial charge in [-0.3, -0.25) is 9.69 Å². The van der Waals surface area contributed by atoms with Crippen LogP contribution in [0.1, 0.15) is 18.4 Å². The molecular formula is C24H20Cl2N2OS2. The van der Waals surface area contributed by atoms with E-state index in [2.05, 4.69) is 4.98 Å². The molecule has 0 unspecified atom stereocenters. The van der Waals surface area contributed by atoms with E-state index in [-0.39, 0.29) is 5.91 Å². The molecule has 0 aliphatic heterocycles. The third-order valence-corrected chi connectivity index (χ3v) is 7.39. The minimum absolute atomic E-state index is 0.0655. The molecule has 7 heteroatoms. The Morgan fingerprint density at radius 3 is 2.48 bits per heavy atom. The summed E-state index contributed by atoms with van der Waals surface area (Å²) in [6.45, 7) is 0.488. The van der Waals surface area contributed by atoms with Crippen molar-refractivity contribution in [3.63, 3.8) is 0 Å². The van der Waals surface area contributed by atoms with Gasteiger partial charge >= 0.3 is 0 Å². The van der Waals surface area contributed by atoms with Crippen LogP contribution in [0.5, 0.6) is 0 Å². The van der Waals surface area contributed by atoms with E-state index in [0.717, 1.165) is 37.9 Å². The maximum Gasteiger partial charge on any atom is 0.229 e. The number of aromatic nitrogens is 1. The van der Waals surface area contributed by atoms with Gasteiger partial charge in [0, 0.05) is 16.3 Å². The molecule has 0 radical (unpaired) electrons. The van der Waals surface area contributed by atoms with Crippen LogP contribution in [-0.4, -0.2) is 16.6 Å². The summed E-state index contributed by atoms with van der Waals surface area (Å²) >= 11 is 15.5. The zero-order valence-electron chi connectivity index (χ0n) is 16.6. The van der Waals surface area contributed by atoms with Crippen molar-refractivity contribution in [2.24, 2.45) is 0 Å². The van der Waals surface area contributed by atoms with Crippen LogP contribution < -0.4 is 4.90 Å². The first-order valence-corrected chi connectivity index (χ1v) is 12.4. The number of carbonyl (C=O) groups is 1. The van der Waals surface area contributed by atoms with Gasteiger partial charge in [-0.15, -0.1) is 11.8 Å². The fourth-order valence-corrected chi connectivity index (χ4v) is 5.39. The predicted octanol–water partition coefficient (Wildman–Crippen LogP) is 7.71. The molecule has 1 aromatic heterocycles. The largest absolute Gasteiger partial charge is 0.284 e. The van der Waals surface area contributed by atoms with Crippen LogP contribution in [0.2, 0.25) is 10.0 Å². The summed E-state index contributed by atoms with van der Waals surface area (Å²) in [5.41, 5.74) is 1.81. The number of carbonyl (C=O) groups excluding carboxylic acids is 1. The number of nitrogens with zero attached hydrogens (tertiary/aromatic N) is 2. The molecule has 4 aromatic rings. The van der Waals surface area contributed by atoms with Gasteiger partial charge in [0.15, 0.2) is 5.13 Å². The minimum atomic E-state index is 0.0655. The van der Waals surface area contributed by atoms with Crippen LogP contribution in [0.4, 0.5) is 5.13 Å². The second-order valence-corrected chi connectivity index (χ2v) is 9.98. The number of benzene rings is 3. The molecule has 1 heterocycles. The number of amides is 1. The Morgan fingerprint density at radius 2 is 1.74 bits per heavy atom. The lowest BCUT2D eigenvalue weighted by Crippen LogP contribution is -2.30. The maximum absolute atomic E-state index is 13.2. The zero-order valence-corrected chi connectivity index (χ0v) is 19.8. The molecule has 0 saturated heterocycles. The Labute approximate surface area is 200 Å². The van der Waals surface area contributed by atoms with Crippen molar-refractivity contribution in [3.05, 3.63) is 88.4 Å². The van der Waals surface area contributed by atoms with E-state index < -0.39 is 0 Å². The Kier molecular flexibility index (Phi) is 7.51. The van der Waals surface area contributed by atoms with E-state index in [1.165, 1.54) is 11.3 Å². The van der Waals surface area contributed by atoms with Crippen molar-refractivity contribution in [3.8, 4) is 0 Å². The van der Waals surface area contributed by atoms with Crippen LogP contribution in [0, 0.1) is 0 Å². The van der Waals surface area contributed by atoms with Crippen molar-refractivity contribution in [2.45, 2.75) is 24.3 Å². The van der Waals surface area contributed by atoms with Gasteiger partial charge in [0.2, 0.25) is 5.91 Å². The number of fused-ring (bicyclic) bond motifs is 1. The number of thiazole rings is 1. The molecule has 0 spiro atoms. The quantitative estimate of drug-likeness (QED) is 0.189. The molecule has 0 N–H and O–H groups in total. The molecule has 1 amide bonds. The standard InChI is InChI=1S/C24H20Cl2N2OS2/c25-18-11-13-19(14-12-18)30-15-5-10-22(29)28(16-17-6-2-1-3-7-17)24-27-23-20(26)8-4-9-21(23)31-24/h1-4,6-9,11-14H,5,10,15-16H2. The number of anilines is 1. The van der Waals surface area contributed by atoms with Gasteiger partial charge in [-0.05, 0) is 54.1 Å². The summed E-state index contributed by atoms with van der Waals surface area (Å²) < 4.78 is 0.978. The molecular weight excluding hydrogens is 467 g/mol. The molecule has 4 rings (SSSR count). The highest BCUT2D eigenvalue weighted by atomic mass is 35.5. The number of rotatable bonds is 8. The molecule has 0 saturated carbocycles. The van der Waals surface area contributed by atoms with Crippen LogP contribution in [0.25, 0.3) is 10.2 Å². The SMILES string of the molecule is O=C(CCCSc1ccc(Cl)cc1)N(Cc1ccccc1)c1nc2c(Cl)cccc2s1. The number of halogens is 2. The van der Waals surface area contributed by atoms with Crippen molar-refractivity contribution in [2.75, 3.05) is 10.7 Å². The lowest BCUT2D eigenvalue weighted by molar-refractivity contribution is -0.118. The molecule has 31 heavy (non-hydrogen) atoms. The van der Waals surface area contributed by atoms with E-state index in [4.69, 9.17) is 23.2 Å². The Balaban J connectivity index is 1.47. The summed E-state index contributed by atoms with van der Waals surface area (Å²) in [5, 5.41) is 2.01. The molecule has 3 aromatic carbocycles. The second kappa shape index (κ2) is 10.5. The first-order chi connectivity index (χ1) is 15.1. The van der Waals surface area contributed by atoms with Gasteiger partial charge in [0.25, 0.3) is 0 Å².